The Hall–Kier alpha value is -2.49. The molecule has 138 valence electrons. The molecule has 0 aromatic heterocycles. The van der Waals surface area contributed by atoms with Gasteiger partial charge in [-0.15, -0.1) is 0 Å². The van der Waals surface area contributed by atoms with Crippen molar-refractivity contribution in [3.05, 3.63) is 53.6 Å². The monoisotopic (exact) mass is 353 g/mol. The van der Waals surface area contributed by atoms with Crippen LogP contribution in [0.1, 0.15) is 36.8 Å². The smallest absolute Gasteiger partial charge is 0.246 e. The van der Waals surface area contributed by atoms with Gasteiger partial charge in [-0.3, -0.25) is 4.79 Å². The van der Waals surface area contributed by atoms with Crippen molar-refractivity contribution in [3.8, 4) is 11.5 Å². The molecule has 1 amide bonds. The van der Waals surface area contributed by atoms with Gasteiger partial charge in [0.25, 0.3) is 0 Å². The van der Waals surface area contributed by atoms with Crippen LogP contribution < -0.4 is 9.47 Å². The zero-order valence-electron chi connectivity index (χ0n) is 15.5. The lowest BCUT2D eigenvalue weighted by Gasteiger charge is -2.25. The topological polar surface area (TPSA) is 38.8 Å². The first-order chi connectivity index (χ1) is 12.7. The number of carbonyl (C=O) groups is 1. The summed E-state index contributed by atoms with van der Waals surface area (Å²) in [6, 6.07) is 4.06. The molecule has 1 fully saturated rings. The van der Waals surface area contributed by atoms with Crippen LogP contribution in [0.15, 0.2) is 42.5 Å². The Morgan fingerprint density at radius 1 is 1.19 bits per heavy atom. The molecule has 0 N–H and O–H groups in total. The van der Waals surface area contributed by atoms with E-state index in [-0.39, 0.29) is 5.91 Å². The molecular weight excluding hydrogens is 326 g/mol. The van der Waals surface area contributed by atoms with Crippen LogP contribution in [-0.2, 0) is 11.2 Å². The minimum absolute atomic E-state index is 0.126. The Morgan fingerprint density at radius 2 is 2.00 bits per heavy atom. The molecule has 1 aliphatic heterocycles. The van der Waals surface area contributed by atoms with E-state index < -0.39 is 0 Å². The standard InChI is InChI=1S/C22H27NO3/c1-3-13-26-21-16-19-14-17(7-9-18(19)15-20(21)25-2)8-10-22(24)23-11-5-4-6-12-23/h3,8,10,14-16H,1,4-7,9,11-13H2,2H3/b10-8+. The summed E-state index contributed by atoms with van der Waals surface area (Å²) in [5.74, 6) is 1.59. The number of piperidine rings is 1. The number of aryl methyl sites for hydroxylation is 1. The third kappa shape index (κ3) is 4.37. The van der Waals surface area contributed by atoms with Crippen LogP contribution in [0.5, 0.6) is 11.5 Å². The van der Waals surface area contributed by atoms with E-state index in [0.29, 0.717) is 6.61 Å². The number of carbonyl (C=O) groups excluding carboxylic acids is 1. The molecule has 0 spiro atoms. The van der Waals surface area contributed by atoms with Crippen LogP contribution in [0, 0.1) is 0 Å². The highest BCUT2D eigenvalue weighted by Gasteiger charge is 2.16. The summed E-state index contributed by atoms with van der Waals surface area (Å²) in [4.78, 5) is 14.3. The fourth-order valence-electron chi connectivity index (χ4n) is 3.47. The highest BCUT2D eigenvalue weighted by atomic mass is 16.5. The highest BCUT2D eigenvalue weighted by Crippen LogP contribution is 2.35. The number of rotatable bonds is 6. The summed E-state index contributed by atoms with van der Waals surface area (Å²) < 4.78 is 11.1. The number of hydrogen-bond donors (Lipinski definition) is 0. The second-order valence-electron chi connectivity index (χ2n) is 6.74. The van der Waals surface area contributed by atoms with E-state index in [9.17, 15) is 4.79 Å². The number of ether oxygens (including phenoxy) is 2. The molecule has 26 heavy (non-hydrogen) atoms. The lowest BCUT2D eigenvalue weighted by molar-refractivity contribution is -0.126. The predicted molar refractivity (Wildman–Crippen MR) is 105 cm³/mol. The maximum absolute atomic E-state index is 12.3. The lowest BCUT2D eigenvalue weighted by atomic mass is 9.91. The Morgan fingerprint density at radius 3 is 2.73 bits per heavy atom. The normalized spacial score (nSPS) is 16.8. The largest absolute Gasteiger partial charge is 0.493 e. The predicted octanol–water partition coefficient (Wildman–Crippen LogP) is 4.16. The summed E-state index contributed by atoms with van der Waals surface area (Å²) in [6.07, 6.45) is 12.9. The van der Waals surface area contributed by atoms with Crippen molar-refractivity contribution in [2.75, 3.05) is 26.8 Å². The molecule has 0 radical (unpaired) electrons. The minimum atomic E-state index is 0.126. The number of methoxy groups -OCH3 is 1. The van der Waals surface area contributed by atoms with E-state index in [4.69, 9.17) is 9.47 Å². The summed E-state index contributed by atoms with van der Waals surface area (Å²) in [5.41, 5.74) is 3.54. The first kappa shape index (κ1) is 18.3. The van der Waals surface area contributed by atoms with Gasteiger partial charge in [-0.05, 0) is 60.9 Å². The number of amides is 1. The van der Waals surface area contributed by atoms with Gasteiger partial charge >= 0.3 is 0 Å². The number of allylic oxidation sites excluding steroid dienone is 2. The number of benzene rings is 1. The molecule has 1 saturated heterocycles. The van der Waals surface area contributed by atoms with Crippen molar-refractivity contribution in [2.45, 2.75) is 32.1 Å². The van der Waals surface area contributed by atoms with E-state index in [0.717, 1.165) is 55.8 Å². The van der Waals surface area contributed by atoms with E-state index in [2.05, 4.69) is 12.7 Å². The molecule has 1 aliphatic carbocycles. The molecule has 0 unspecified atom stereocenters. The quantitative estimate of drug-likeness (QED) is 0.569. The van der Waals surface area contributed by atoms with Gasteiger partial charge in [-0.1, -0.05) is 24.8 Å². The summed E-state index contributed by atoms with van der Waals surface area (Å²) >= 11 is 0. The third-order valence-electron chi connectivity index (χ3n) is 4.91. The van der Waals surface area contributed by atoms with E-state index in [1.54, 1.807) is 19.3 Å². The second kappa shape index (κ2) is 8.75. The van der Waals surface area contributed by atoms with E-state index in [1.165, 1.54) is 17.6 Å². The van der Waals surface area contributed by atoms with Crippen LogP contribution in [0.3, 0.4) is 0 Å². The van der Waals surface area contributed by atoms with Gasteiger partial charge in [-0.25, -0.2) is 0 Å². The maximum Gasteiger partial charge on any atom is 0.246 e. The molecule has 0 bridgehead atoms. The minimum Gasteiger partial charge on any atom is -0.493 e. The van der Waals surface area contributed by atoms with Crippen molar-refractivity contribution >= 4 is 12.0 Å². The molecule has 1 aromatic rings. The van der Waals surface area contributed by atoms with Crippen LogP contribution in [0.4, 0.5) is 0 Å². The Labute approximate surface area is 155 Å². The van der Waals surface area contributed by atoms with Crippen molar-refractivity contribution in [3.63, 3.8) is 0 Å². The molecule has 0 atom stereocenters. The Balaban J connectivity index is 1.75. The van der Waals surface area contributed by atoms with Gasteiger partial charge in [0, 0.05) is 19.2 Å². The van der Waals surface area contributed by atoms with Crippen LogP contribution >= 0.6 is 0 Å². The van der Waals surface area contributed by atoms with E-state index >= 15 is 0 Å². The number of fused-ring (bicyclic) bond motifs is 1. The highest BCUT2D eigenvalue weighted by molar-refractivity contribution is 5.88. The number of likely N-dealkylation sites (tertiary alicyclic amines) is 1. The molecule has 1 aromatic carbocycles. The van der Waals surface area contributed by atoms with Crippen molar-refractivity contribution in [2.24, 2.45) is 0 Å². The van der Waals surface area contributed by atoms with Crippen molar-refractivity contribution < 1.29 is 14.3 Å². The lowest BCUT2D eigenvalue weighted by Crippen LogP contribution is -2.34. The molecule has 1 heterocycles. The zero-order chi connectivity index (χ0) is 18.4. The average Bonchev–Trinajstić information content (AvgIpc) is 2.70. The van der Waals surface area contributed by atoms with Gasteiger partial charge in [0.2, 0.25) is 5.91 Å². The first-order valence-corrected chi connectivity index (χ1v) is 9.33. The summed E-state index contributed by atoms with van der Waals surface area (Å²) in [5, 5.41) is 0. The zero-order valence-corrected chi connectivity index (χ0v) is 15.5. The van der Waals surface area contributed by atoms with Crippen LogP contribution in [0.2, 0.25) is 0 Å². The third-order valence-corrected chi connectivity index (χ3v) is 4.91. The molecule has 3 rings (SSSR count). The van der Waals surface area contributed by atoms with Crippen molar-refractivity contribution in [1.29, 1.82) is 0 Å². The average molecular weight is 353 g/mol. The summed E-state index contributed by atoms with van der Waals surface area (Å²) in [6.45, 7) is 5.90. The SMILES string of the molecule is C=CCOc1cc2c(cc1OC)CCC(/C=C/C(=O)N1CCCCC1)=C2. The second-order valence-corrected chi connectivity index (χ2v) is 6.74. The molecular formula is C22H27NO3. The number of hydrogen-bond acceptors (Lipinski definition) is 3. The fourth-order valence-corrected chi connectivity index (χ4v) is 3.47. The Kier molecular flexibility index (Phi) is 6.16. The first-order valence-electron chi connectivity index (χ1n) is 9.33. The Bertz CT molecular complexity index is 727. The van der Waals surface area contributed by atoms with Crippen molar-refractivity contribution in [1.82, 2.24) is 4.90 Å². The fraction of sp³-hybridized carbons (Fsp3) is 0.409. The molecule has 2 aliphatic rings. The summed E-state index contributed by atoms with van der Waals surface area (Å²) in [7, 11) is 1.65. The van der Waals surface area contributed by atoms with Gasteiger partial charge < -0.3 is 14.4 Å². The van der Waals surface area contributed by atoms with Gasteiger partial charge in [-0.2, -0.15) is 0 Å². The molecule has 4 nitrogen and oxygen atoms in total. The molecule has 4 heteroatoms. The molecule has 0 saturated carbocycles. The number of nitrogens with zero attached hydrogens (tertiary/aromatic N) is 1. The van der Waals surface area contributed by atoms with Gasteiger partial charge in [0.05, 0.1) is 7.11 Å². The van der Waals surface area contributed by atoms with E-state index in [1.807, 2.05) is 23.1 Å². The van der Waals surface area contributed by atoms with Crippen LogP contribution in [-0.4, -0.2) is 37.6 Å². The van der Waals surface area contributed by atoms with Gasteiger partial charge in [0.1, 0.15) is 6.61 Å². The maximum atomic E-state index is 12.3. The van der Waals surface area contributed by atoms with Crippen LogP contribution in [0.25, 0.3) is 6.08 Å². The van der Waals surface area contributed by atoms with Gasteiger partial charge in [0.15, 0.2) is 11.5 Å².